The number of rotatable bonds is 2. The van der Waals surface area contributed by atoms with Gasteiger partial charge < -0.3 is 20.8 Å². The molecule has 1 saturated heterocycles. The van der Waals surface area contributed by atoms with E-state index in [1.54, 1.807) is 0 Å². The SMILES string of the molecule is CC1(C)CC(NC2CCCCC2)CC(C)(C)N1.O=C(O)C(=O)O. The van der Waals surface area contributed by atoms with Gasteiger partial charge in [-0.15, -0.1) is 0 Å². The fourth-order valence-electron chi connectivity index (χ4n) is 4.04. The summed E-state index contributed by atoms with van der Waals surface area (Å²) in [6.07, 6.45) is 9.60. The van der Waals surface area contributed by atoms with Crippen molar-refractivity contribution in [1.29, 1.82) is 0 Å². The first-order chi connectivity index (χ1) is 10.5. The van der Waals surface area contributed by atoms with Gasteiger partial charge in [0.25, 0.3) is 0 Å². The third-order valence-electron chi connectivity index (χ3n) is 4.45. The molecule has 0 radical (unpaired) electrons. The number of carboxylic acid groups (broad SMARTS) is 2. The molecule has 4 N–H and O–H groups in total. The maximum absolute atomic E-state index is 9.10. The second-order valence-electron chi connectivity index (χ2n) is 8.11. The Morgan fingerprint density at radius 2 is 1.30 bits per heavy atom. The molecule has 0 unspecified atom stereocenters. The summed E-state index contributed by atoms with van der Waals surface area (Å²) in [4.78, 5) is 18.2. The average molecular weight is 328 g/mol. The smallest absolute Gasteiger partial charge is 0.414 e. The molecule has 2 rings (SSSR count). The van der Waals surface area contributed by atoms with E-state index in [2.05, 4.69) is 38.3 Å². The van der Waals surface area contributed by atoms with Gasteiger partial charge in [-0.3, -0.25) is 0 Å². The van der Waals surface area contributed by atoms with Crippen LogP contribution in [0.5, 0.6) is 0 Å². The van der Waals surface area contributed by atoms with Gasteiger partial charge in [-0.05, 0) is 53.4 Å². The minimum Gasteiger partial charge on any atom is -0.473 e. The van der Waals surface area contributed by atoms with Crippen molar-refractivity contribution in [3.8, 4) is 0 Å². The second-order valence-corrected chi connectivity index (χ2v) is 8.11. The molecule has 1 aliphatic heterocycles. The lowest BCUT2D eigenvalue weighted by Gasteiger charge is -2.47. The topological polar surface area (TPSA) is 98.7 Å². The summed E-state index contributed by atoms with van der Waals surface area (Å²) >= 11 is 0. The molecule has 0 aromatic heterocycles. The Labute approximate surface area is 139 Å². The highest BCUT2D eigenvalue weighted by molar-refractivity contribution is 6.27. The Morgan fingerprint density at radius 3 is 1.70 bits per heavy atom. The third kappa shape index (κ3) is 7.79. The van der Waals surface area contributed by atoms with E-state index in [9.17, 15) is 0 Å². The molecular formula is C17H32N2O4. The molecule has 0 bridgehead atoms. The van der Waals surface area contributed by atoms with Crippen LogP contribution in [-0.4, -0.2) is 45.3 Å². The van der Waals surface area contributed by atoms with Crippen molar-refractivity contribution in [1.82, 2.24) is 10.6 Å². The Morgan fingerprint density at radius 1 is 0.870 bits per heavy atom. The van der Waals surface area contributed by atoms with Gasteiger partial charge in [0.15, 0.2) is 0 Å². The third-order valence-corrected chi connectivity index (χ3v) is 4.45. The Bertz CT molecular complexity index is 387. The molecule has 23 heavy (non-hydrogen) atoms. The van der Waals surface area contributed by atoms with E-state index in [-0.39, 0.29) is 11.1 Å². The fraction of sp³-hybridized carbons (Fsp3) is 0.882. The number of hydrogen-bond donors (Lipinski definition) is 4. The highest BCUT2D eigenvalue weighted by Gasteiger charge is 2.38. The van der Waals surface area contributed by atoms with Crippen molar-refractivity contribution in [3.05, 3.63) is 0 Å². The molecular weight excluding hydrogens is 296 g/mol. The van der Waals surface area contributed by atoms with Gasteiger partial charge in [0.05, 0.1) is 0 Å². The predicted octanol–water partition coefficient (Wildman–Crippen LogP) is 2.37. The van der Waals surface area contributed by atoms with Crippen LogP contribution in [0.2, 0.25) is 0 Å². The van der Waals surface area contributed by atoms with Crippen molar-refractivity contribution < 1.29 is 19.8 Å². The molecule has 2 fully saturated rings. The van der Waals surface area contributed by atoms with Crippen molar-refractivity contribution in [3.63, 3.8) is 0 Å². The standard InChI is InChI=1S/C15H30N2.C2H2O4/c1-14(2)10-13(11-15(3,4)17-14)16-12-8-6-5-7-9-12;3-1(4)2(5)6/h12-13,16-17H,5-11H2,1-4H3;(H,3,4)(H,5,6). The number of aliphatic carboxylic acids is 2. The lowest BCUT2D eigenvalue weighted by atomic mass is 9.79. The molecule has 0 amide bonds. The van der Waals surface area contributed by atoms with Crippen LogP contribution < -0.4 is 10.6 Å². The normalized spacial score (nSPS) is 24.3. The zero-order valence-corrected chi connectivity index (χ0v) is 14.8. The van der Waals surface area contributed by atoms with Crippen LogP contribution in [0, 0.1) is 0 Å². The maximum Gasteiger partial charge on any atom is 0.414 e. The van der Waals surface area contributed by atoms with E-state index in [4.69, 9.17) is 19.8 Å². The zero-order chi connectivity index (χ0) is 17.7. The van der Waals surface area contributed by atoms with Crippen LogP contribution >= 0.6 is 0 Å². The number of carbonyl (C=O) groups is 2. The van der Waals surface area contributed by atoms with E-state index >= 15 is 0 Å². The second kappa shape index (κ2) is 8.11. The average Bonchev–Trinajstić information content (AvgIpc) is 2.36. The molecule has 1 heterocycles. The highest BCUT2D eigenvalue weighted by atomic mass is 16.4. The number of nitrogens with one attached hydrogen (secondary N) is 2. The zero-order valence-electron chi connectivity index (χ0n) is 14.8. The summed E-state index contributed by atoms with van der Waals surface area (Å²) in [6, 6.07) is 1.49. The highest BCUT2D eigenvalue weighted by Crippen LogP contribution is 2.30. The van der Waals surface area contributed by atoms with Crippen LogP contribution in [0.1, 0.15) is 72.6 Å². The van der Waals surface area contributed by atoms with Gasteiger partial charge in [-0.25, -0.2) is 9.59 Å². The summed E-state index contributed by atoms with van der Waals surface area (Å²) < 4.78 is 0. The molecule has 1 aliphatic carbocycles. The van der Waals surface area contributed by atoms with E-state index in [1.807, 2.05) is 0 Å². The Balaban J connectivity index is 0.000000379. The predicted molar refractivity (Wildman–Crippen MR) is 89.6 cm³/mol. The summed E-state index contributed by atoms with van der Waals surface area (Å²) in [5.74, 6) is -3.65. The Kier molecular flexibility index (Phi) is 7.02. The van der Waals surface area contributed by atoms with Crippen molar-refractivity contribution in [2.24, 2.45) is 0 Å². The van der Waals surface area contributed by atoms with Crippen molar-refractivity contribution in [2.75, 3.05) is 0 Å². The molecule has 0 aromatic carbocycles. The van der Waals surface area contributed by atoms with Gasteiger partial charge >= 0.3 is 11.9 Å². The van der Waals surface area contributed by atoms with Crippen molar-refractivity contribution in [2.45, 2.75) is 95.8 Å². The van der Waals surface area contributed by atoms with Crippen LogP contribution in [0.3, 0.4) is 0 Å². The van der Waals surface area contributed by atoms with Gasteiger partial charge in [-0.2, -0.15) is 0 Å². The molecule has 1 saturated carbocycles. The molecule has 134 valence electrons. The molecule has 0 atom stereocenters. The maximum atomic E-state index is 9.10. The van der Waals surface area contributed by atoms with Crippen LogP contribution in [0.15, 0.2) is 0 Å². The first kappa shape index (κ1) is 19.9. The van der Waals surface area contributed by atoms with E-state index in [1.165, 1.54) is 44.9 Å². The van der Waals surface area contributed by atoms with Gasteiger partial charge in [0.2, 0.25) is 0 Å². The number of piperidine rings is 1. The van der Waals surface area contributed by atoms with Gasteiger partial charge in [0.1, 0.15) is 0 Å². The minimum absolute atomic E-state index is 0.272. The van der Waals surface area contributed by atoms with Gasteiger partial charge in [0, 0.05) is 23.2 Å². The Hall–Kier alpha value is -1.14. The largest absolute Gasteiger partial charge is 0.473 e. The molecule has 6 heteroatoms. The lowest BCUT2D eigenvalue weighted by molar-refractivity contribution is -0.159. The quantitative estimate of drug-likeness (QED) is 0.581. The van der Waals surface area contributed by atoms with Gasteiger partial charge in [-0.1, -0.05) is 19.3 Å². The molecule has 0 aromatic rings. The lowest BCUT2D eigenvalue weighted by Crippen LogP contribution is -2.62. The van der Waals surface area contributed by atoms with Crippen LogP contribution in [0.25, 0.3) is 0 Å². The summed E-state index contributed by atoms with van der Waals surface area (Å²) in [5.41, 5.74) is 0.544. The van der Waals surface area contributed by atoms with Crippen LogP contribution in [0.4, 0.5) is 0 Å². The summed E-state index contributed by atoms with van der Waals surface area (Å²) in [6.45, 7) is 9.35. The monoisotopic (exact) mass is 328 g/mol. The molecule has 6 nitrogen and oxygen atoms in total. The number of hydrogen-bond acceptors (Lipinski definition) is 4. The fourth-order valence-corrected chi connectivity index (χ4v) is 4.04. The molecule has 2 aliphatic rings. The first-order valence-corrected chi connectivity index (χ1v) is 8.52. The van der Waals surface area contributed by atoms with Crippen LogP contribution in [-0.2, 0) is 9.59 Å². The van der Waals surface area contributed by atoms with E-state index < -0.39 is 11.9 Å². The first-order valence-electron chi connectivity index (χ1n) is 8.52. The van der Waals surface area contributed by atoms with Crippen molar-refractivity contribution >= 4 is 11.9 Å². The number of carboxylic acids is 2. The summed E-state index contributed by atoms with van der Waals surface area (Å²) in [5, 5.41) is 22.5. The molecule has 0 spiro atoms. The van der Waals surface area contributed by atoms with E-state index in [0.29, 0.717) is 6.04 Å². The van der Waals surface area contributed by atoms with E-state index in [0.717, 1.165) is 6.04 Å². The minimum atomic E-state index is -1.82. The summed E-state index contributed by atoms with van der Waals surface area (Å²) in [7, 11) is 0.